The number of hydrogen-bond acceptors (Lipinski definition) is 5. The Labute approximate surface area is 234 Å². The van der Waals surface area contributed by atoms with Crippen molar-refractivity contribution in [3.05, 3.63) is 83.2 Å². The Morgan fingerprint density at radius 3 is 2.33 bits per heavy atom. The van der Waals surface area contributed by atoms with E-state index in [2.05, 4.69) is 36.5 Å². The van der Waals surface area contributed by atoms with Gasteiger partial charge in [-0.1, -0.05) is 25.1 Å². The quantitative estimate of drug-likeness (QED) is 0.293. The first-order valence-corrected chi connectivity index (χ1v) is 13.6. The van der Waals surface area contributed by atoms with Gasteiger partial charge in [0.15, 0.2) is 11.6 Å². The molecule has 5 nitrogen and oxygen atoms in total. The van der Waals surface area contributed by atoms with E-state index in [9.17, 15) is 9.50 Å². The lowest BCUT2D eigenvalue weighted by atomic mass is 9.92. The van der Waals surface area contributed by atoms with Gasteiger partial charge in [-0.15, -0.1) is 12.8 Å². The number of methoxy groups -OCH3 is 1. The number of fused-ring (bicyclic) bond motifs is 1. The molecule has 1 N–H and O–H groups in total. The minimum Gasteiger partial charge on any atom is -0.508 e. The topological polar surface area (TPSA) is 45.2 Å². The molecule has 4 rings (SSSR count). The van der Waals surface area contributed by atoms with Crippen LogP contribution in [0.3, 0.4) is 0 Å². The van der Waals surface area contributed by atoms with Crippen molar-refractivity contribution >= 4 is 5.69 Å². The second kappa shape index (κ2) is 17.0. The molecule has 0 fully saturated rings. The van der Waals surface area contributed by atoms with Crippen LogP contribution in [0, 0.1) is 18.7 Å². The summed E-state index contributed by atoms with van der Waals surface area (Å²) in [7, 11) is 3.67. The predicted octanol–water partition coefficient (Wildman–Crippen LogP) is 6.71. The van der Waals surface area contributed by atoms with Gasteiger partial charge in [0, 0.05) is 31.4 Å². The van der Waals surface area contributed by atoms with Crippen LogP contribution < -0.4 is 14.4 Å². The van der Waals surface area contributed by atoms with Gasteiger partial charge < -0.3 is 24.4 Å². The SMILES string of the molecule is C#C.CCN(C)CCOc1ccc(CN(CC)c2cccc(OC)c2)cc1F.Oc1ccc2c(c1)CCCC2. The van der Waals surface area contributed by atoms with Crippen LogP contribution in [0.2, 0.25) is 0 Å². The van der Waals surface area contributed by atoms with E-state index in [1.807, 2.05) is 49.5 Å². The first-order valence-electron chi connectivity index (χ1n) is 13.6. The normalized spacial score (nSPS) is 11.8. The maximum absolute atomic E-state index is 14.4. The molecule has 0 spiro atoms. The Balaban J connectivity index is 0.000000338. The van der Waals surface area contributed by atoms with E-state index in [0.29, 0.717) is 24.7 Å². The van der Waals surface area contributed by atoms with E-state index in [1.54, 1.807) is 25.3 Å². The summed E-state index contributed by atoms with van der Waals surface area (Å²) in [5.41, 5.74) is 4.73. The van der Waals surface area contributed by atoms with Crippen LogP contribution in [0.1, 0.15) is 43.4 Å². The third-order valence-electron chi connectivity index (χ3n) is 6.77. The number of anilines is 1. The number of likely N-dealkylation sites (N-methyl/N-ethyl adjacent to an activating group) is 1. The van der Waals surface area contributed by atoms with Gasteiger partial charge in [0.1, 0.15) is 18.1 Å². The van der Waals surface area contributed by atoms with Crippen molar-refractivity contribution in [2.45, 2.75) is 46.1 Å². The van der Waals surface area contributed by atoms with Crippen LogP contribution >= 0.6 is 0 Å². The van der Waals surface area contributed by atoms with E-state index in [-0.39, 0.29) is 5.82 Å². The third-order valence-corrected chi connectivity index (χ3v) is 6.77. The van der Waals surface area contributed by atoms with Crippen LogP contribution in [-0.4, -0.2) is 50.4 Å². The molecule has 0 heterocycles. The van der Waals surface area contributed by atoms with Gasteiger partial charge in [-0.25, -0.2) is 4.39 Å². The molecule has 0 saturated carbocycles. The zero-order valence-corrected chi connectivity index (χ0v) is 23.8. The van der Waals surface area contributed by atoms with Gasteiger partial charge >= 0.3 is 0 Å². The summed E-state index contributed by atoms with van der Waals surface area (Å²) in [5.74, 6) is 1.21. The average Bonchev–Trinajstić information content (AvgIpc) is 2.98. The summed E-state index contributed by atoms with van der Waals surface area (Å²) >= 11 is 0. The fourth-order valence-corrected chi connectivity index (χ4v) is 4.36. The van der Waals surface area contributed by atoms with Crippen LogP contribution in [0.15, 0.2) is 60.7 Å². The molecular weight excluding hydrogens is 491 g/mol. The molecule has 0 aliphatic heterocycles. The number of nitrogens with zero attached hydrogens (tertiary/aromatic N) is 2. The number of aryl methyl sites for hydroxylation is 2. The lowest BCUT2D eigenvalue weighted by Gasteiger charge is -2.24. The number of benzene rings is 3. The molecule has 0 bridgehead atoms. The highest BCUT2D eigenvalue weighted by molar-refractivity contribution is 5.51. The number of aromatic hydroxyl groups is 1. The van der Waals surface area contributed by atoms with Crippen molar-refractivity contribution in [2.24, 2.45) is 0 Å². The molecule has 0 aromatic heterocycles. The summed E-state index contributed by atoms with van der Waals surface area (Å²) in [6.45, 7) is 7.80. The summed E-state index contributed by atoms with van der Waals surface area (Å²) in [4.78, 5) is 4.30. The zero-order chi connectivity index (χ0) is 28.6. The van der Waals surface area contributed by atoms with Gasteiger partial charge in [0.2, 0.25) is 0 Å². The van der Waals surface area contributed by atoms with Crippen molar-refractivity contribution in [3.63, 3.8) is 0 Å². The molecule has 1 aliphatic rings. The fourth-order valence-electron chi connectivity index (χ4n) is 4.36. The Morgan fingerprint density at radius 2 is 1.67 bits per heavy atom. The minimum atomic E-state index is -0.316. The maximum Gasteiger partial charge on any atom is 0.165 e. The van der Waals surface area contributed by atoms with Crippen molar-refractivity contribution in [1.82, 2.24) is 4.90 Å². The van der Waals surface area contributed by atoms with E-state index < -0.39 is 0 Å². The molecule has 210 valence electrons. The number of ether oxygens (including phenoxy) is 2. The van der Waals surface area contributed by atoms with Crippen molar-refractivity contribution in [2.75, 3.05) is 45.3 Å². The van der Waals surface area contributed by atoms with Crippen LogP contribution in [-0.2, 0) is 19.4 Å². The lowest BCUT2D eigenvalue weighted by Crippen LogP contribution is -2.24. The number of terminal acetylenes is 1. The molecule has 0 saturated heterocycles. The Morgan fingerprint density at radius 1 is 0.923 bits per heavy atom. The summed E-state index contributed by atoms with van der Waals surface area (Å²) in [5, 5.41) is 9.19. The number of hydrogen-bond donors (Lipinski definition) is 1. The van der Waals surface area contributed by atoms with Crippen LogP contribution in [0.5, 0.6) is 17.2 Å². The molecule has 3 aromatic rings. The molecule has 6 heteroatoms. The third kappa shape index (κ3) is 10.2. The molecule has 0 radical (unpaired) electrons. The predicted molar refractivity (Wildman–Crippen MR) is 159 cm³/mol. The van der Waals surface area contributed by atoms with Gasteiger partial charge in [-0.3, -0.25) is 0 Å². The summed E-state index contributed by atoms with van der Waals surface area (Å²) < 4.78 is 25.2. The fraction of sp³-hybridized carbons (Fsp3) is 0.394. The zero-order valence-electron chi connectivity index (χ0n) is 23.8. The first-order chi connectivity index (χ1) is 18.9. The molecule has 3 aromatic carbocycles. The summed E-state index contributed by atoms with van der Waals surface area (Å²) in [6, 6.07) is 18.8. The van der Waals surface area contributed by atoms with E-state index in [4.69, 9.17) is 9.47 Å². The van der Waals surface area contributed by atoms with Gasteiger partial charge in [-0.05, 0) is 99.3 Å². The van der Waals surface area contributed by atoms with Crippen LogP contribution in [0.4, 0.5) is 10.1 Å². The van der Waals surface area contributed by atoms with Crippen molar-refractivity contribution in [1.29, 1.82) is 0 Å². The van der Waals surface area contributed by atoms with E-state index in [1.165, 1.54) is 30.4 Å². The summed E-state index contributed by atoms with van der Waals surface area (Å²) in [6.07, 6.45) is 12.9. The Kier molecular flexibility index (Phi) is 13.7. The van der Waals surface area contributed by atoms with Gasteiger partial charge in [0.05, 0.1) is 7.11 Å². The van der Waals surface area contributed by atoms with Gasteiger partial charge in [0.25, 0.3) is 0 Å². The highest BCUT2D eigenvalue weighted by atomic mass is 19.1. The first kappa shape index (κ1) is 31.5. The highest BCUT2D eigenvalue weighted by Gasteiger charge is 2.11. The molecule has 0 unspecified atom stereocenters. The Hall–Kier alpha value is -3.69. The smallest absolute Gasteiger partial charge is 0.165 e. The maximum atomic E-state index is 14.4. The average molecular weight is 535 g/mol. The number of phenols is 1. The molecule has 0 atom stereocenters. The molecule has 0 amide bonds. The van der Waals surface area contributed by atoms with E-state index in [0.717, 1.165) is 43.1 Å². The number of rotatable bonds is 10. The largest absolute Gasteiger partial charge is 0.508 e. The second-order valence-corrected chi connectivity index (χ2v) is 9.38. The lowest BCUT2D eigenvalue weighted by molar-refractivity contribution is 0.236. The standard InChI is InChI=1S/C21H29FN2O2.C10H12O.C2H2/c1-5-23(3)12-13-26-21-11-10-17(14-20(21)22)16-24(6-2)18-8-7-9-19(15-18)25-4;11-10-6-5-8-3-1-2-4-9(8)7-10;1-2/h7-11,14-15H,5-6,12-13,16H2,1-4H3;5-7,11H,1-4H2;1-2H. The number of phenolic OH excluding ortho intramolecular Hbond substituents is 1. The van der Waals surface area contributed by atoms with Crippen molar-refractivity contribution in [3.8, 4) is 30.1 Å². The van der Waals surface area contributed by atoms with Gasteiger partial charge in [-0.2, -0.15) is 0 Å². The second-order valence-electron chi connectivity index (χ2n) is 9.38. The van der Waals surface area contributed by atoms with E-state index >= 15 is 0 Å². The molecule has 39 heavy (non-hydrogen) atoms. The minimum absolute atomic E-state index is 0.308. The monoisotopic (exact) mass is 534 g/mol. The van der Waals surface area contributed by atoms with Crippen LogP contribution in [0.25, 0.3) is 0 Å². The molecule has 1 aliphatic carbocycles. The highest BCUT2D eigenvalue weighted by Crippen LogP contribution is 2.25. The van der Waals surface area contributed by atoms with Crippen molar-refractivity contribution < 1.29 is 19.0 Å². The Bertz CT molecular complexity index is 1160. The number of halogens is 1. The molecular formula is C33H43FN2O3.